The van der Waals surface area contributed by atoms with Gasteiger partial charge in [0.1, 0.15) is 12.4 Å². The van der Waals surface area contributed by atoms with Crippen molar-refractivity contribution in [3.05, 3.63) is 17.6 Å². The minimum atomic E-state index is 0.481. The summed E-state index contributed by atoms with van der Waals surface area (Å²) in [4.78, 5) is 8.56. The number of rotatable bonds is 2. The molecule has 1 aromatic rings. The Labute approximate surface area is 77.4 Å². The molecule has 1 aliphatic rings. The van der Waals surface area contributed by atoms with Crippen LogP contribution < -0.4 is 5.32 Å². The Hall–Kier alpha value is -1.16. The smallest absolute Gasteiger partial charge is 0.156 e. The molecule has 0 saturated heterocycles. The molecular formula is C9H13N3O. The van der Waals surface area contributed by atoms with Crippen molar-refractivity contribution in [1.29, 1.82) is 0 Å². The van der Waals surface area contributed by atoms with E-state index in [9.17, 15) is 0 Å². The van der Waals surface area contributed by atoms with Gasteiger partial charge in [-0.15, -0.1) is 0 Å². The Balaban J connectivity index is 2.24. The van der Waals surface area contributed by atoms with Crippen LogP contribution in [-0.2, 0) is 17.8 Å². The van der Waals surface area contributed by atoms with Gasteiger partial charge in [-0.1, -0.05) is 0 Å². The van der Waals surface area contributed by atoms with Crippen molar-refractivity contribution < 1.29 is 4.74 Å². The molecule has 1 N–H and O–H groups in total. The topological polar surface area (TPSA) is 47.0 Å². The monoisotopic (exact) mass is 179 g/mol. The standard InChI is InChI=1S/C9H13N3O/c1-13-6-8-11-5-7-3-2-4-10-9(7)12-8/h5H,2-4,6H2,1H3,(H,10,11,12). The third-order valence-electron chi connectivity index (χ3n) is 2.10. The fourth-order valence-corrected chi connectivity index (χ4v) is 1.46. The summed E-state index contributed by atoms with van der Waals surface area (Å²) >= 11 is 0. The minimum absolute atomic E-state index is 0.481. The molecular weight excluding hydrogens is 166 g/mol. The van der Waals surface area contributed by atoms with Crippen LogP contribution in [0, 0.1) is 0 Å². The van der Waals surface area contributed by atoms with Crippen molar-refractivity contribution in [2.24, 2.45) is 0 Å². The maximum atomic E-state index is 4.97. The zero-order valence-electron chi connectivity index (χ0n) is 7.71. The third-order valence-corrected chi connectivity index (χ3v) is 2.10. The van der Waals surface area contributed by atoms with E-state index in [1.165, 1.54) is 12.0 Å². The quantitative estimate of drug-likeness (QED) is 0.735. The van der Waals surface area contributed by atoms with Crippen molar-refractivity contribution >= 4 is 5.82 Å². The Kier molecular flexibility index (Phi) is 2.40. The van der Waals surface area contributed by atoms with Gasteiger partial charge < -0.3 is 10.1 Å². The highest BCUT2D eigenvalue weighted by Gasteiger charge is 2.10. The van der Waals surface area contributed by atoms with E-state index < -0.39 is 0 Å². The number of anilines is 1. The largest absolute Gasteiger partial charge is 0.377 e. The van der Waals surface area contributed by atoms with Gasteiger partial charge in [-0.3, -0.25) is 0 Å². The molecule has 2 heterocycles. The fourth-order valence-electron chi connectivity index (χ4n) is 1.46. The Bertz CT molecular complexity index is 301. The van der Waals surface area contributed by atoms with Crippen LogP contribution in [0.3, 0.4) is 0 Å². The SMILES string of the molecule is COCc1ncc2c(n1)NCCC2. The van der Waals surface area contributed by atoms with E-state index >= 15 is 0 Å². The van der Waals surface area contributed by atoms with Gasteiger partial charge in [-0.2, -0.15) is 0 Å². The normalized spacial score (nSPS) is 14.8. The molecule has 0 fully saturated rings. The summed E-state index contributed by atoms with van der Waals surface area (Å²) in [5.74, 6) is 1.73. The molecule has 0 amide bonds. The lowest BCUT2D eigenvalue weighted by Crippen LogP contribution is -2.15. The van der Waals surface area contributed by atoms with Crippen LogP contribution in [0.25, 0.3) is 0 Å². The van der Waals surface area contributed by atoms with Gasteiger partial charge in [0.25, 0.3) is 0 Å². The highest BCUT2D eigenvalue weighted by Crippen LogP contribution is 2.17. The molecule has 70 valence electrons. The molecule has 4 nitrogen and oxygen atoms in total. The van der Waals surface area contributed by atoms with Crippen LogP contribution >= 0.6 is 0 Å². The van der Waals surface area contributed by atoms with Crippen LogP contribution in [0.15, 0.2) is 6.20 Å². The lowest BCUT2D eigenvalue weighted by Gasteiger charge is -2.16. The molecule has 0 saturated carbocycles. The number of nitrogens with one attached hydrogen (secondary N) is 1. The molecule has 0 aliphatic carbocycles. The molecule has 0 spiro atoms. The van der Waals surface area contributed by atoms with Crippen molar-refractivity contribution in [2.75, 3.05) is 19.0 Å². The maximum Gasteiger partial charge on any atom is 0.156 e. The highest BCUT2D eigenvalue weighted by atomic mass is 16.5. The van der Waals surface area contributed by atoms with Gasteiger partial charge in [0, 0.05) is 25.4 Å². The number of hydrogen-bond donors (Lipinski definition) is 1. The average Bonchev–Trinajstić information content (AvgIpc) is 2.18. The van der Waals surface area contributed by atoms with Crippen molar-refractivity contribution in [3.63, 3.8) is 0 Å². The van der Waals surface area contributed by atoms with Gasteiger partial charge in [-0.05, 0) is 12.8 Å². The predicted molar refractivity (Wildman–Crippen MR) is 49.6 cm³/mol. The number of fused-ring (bicyclic) bond motifs is 1. The van der Waals surface area contributed by atoms with Crippen LogP contribution in [0.5, 0.6) is 0 Å². The van der Waals surface area contributed by atoms with Gasteiger partial charge >= 0.3 is 0 Å². The summed E-state index contributed by atoms with van der Waals surface area (Å²) in [6, 6.07) is 0. The first-order valence-corrected chi connectivity index (χ1v) is 4.48. The van der Waals surface area contributed by atoms with Gasteiger partial charge in [0.15, 0.2) is 5.82 Å². The van der Waals surface area contributed by atoms with E-state index in [0.717, 1.165) is 24.6 Å². The molecule has 0 unspecified atom stereocenters. The summed E-state index contributed by atoms with van der Waals surface area (Å²) in [5, 5.41) is 3.25. The van der Waals surface area contributed by atoms with Gasteiger partial charge in [0.05, 0.1) is 0 Å². The van der Waals surface area contributed by atoms with Crippen molar-refractivity contribution in [2.45, 2.75) is 19.4 Å². The average molecular weight is 179 g/mol. The van der Waals surface area contributed by atoms with E-state index in [1.54, 1.807) is 7.11 Å². The summed E-state index contributed by atoms with van der Waals surface area (Å²) in [5.41, 5.74) is 1.21. The molecule has 13 heavy (non-hydrogen) atoms. The summed E-state index contributed by atoms with van der Waals surface area (Å²) in [6.07, 6.45) is 4.14. The first-order valence-electron chi connectivity index (χ1n) is 4.48. The number of aryl methyl sites for hydroxylation is 1. The number of methoxy groups -OCH3 is 1. The Morgan fingerprint density at radius 3 is 3.38 bits per heavy atom. The van der Waals surface area contributed by atoms with Crippen LogP contribution in [0.4, 0.5) is 5.82 Å². The van der Waals surface area contributed by atoms with Crippen LogP contribution in [0.2, 0.25) is 0 Å². The first-order chi connectivity index (χ1) is 6.40. The minimum Gasteiger partial charge on any atom is -0.377 e. The van der Waals surface area contributed by atoms with E-state index in [2.05, 4.69) is 15.3 Å². The molecule has 0 bridgehead atoms. The second kappa shape index (κ2) is 3.70. The number of aromatic nitrogens is 2. The molecule has 0 aromatic carbocycles. The number of ether oxygens (including phenoxy) is 1. The van der Waals surface area contributed by atoms with Crippen molar-refractivity contribution in [1.82, 2.24) is 9.97 Å². The molecule has 0 atom stereocenters. The second-order valence-electron chi connectivity index (χ2n) is 3.12. The van der Waals surface area contributed by atoms with E-state index in [4.69, 9.17) is 4.74 Å². The zero-order valence-corrected chi connectivity index (χ0v) is 7.71. The van der Waals surface area contributed by atoms with Crippen LogP contribution in [-0.4, -0.2) is 23.6 Å². The lowest BCUT2D eigenvalue weighted by atomic mass is 10.1. The summed E-state index contributed by atoms with van der Waals surface area (Å²) < 4.78 is 4.97. The second-order valence-corrected chi connectivity index (χ2v) is 3.12. The Morgan fingerprint density at radius 2 is 2.54 bits per heavy atom. The molecule has 1 aromatic heterocycles. The molecule has 0 radical (unpaired) electrons. The molecule has 4 heteroatoms. The maximum absolute atomic E-state index is 4.97. The number of nitrogens with zero attached hydrogens (tertiary/aromatic N) is 2. The summed E-state index contributed by atoms with van der Waals surface area (Å²) in [6.45, 7) is 1.49. The summed E-state index contributed by atoms with van der Waals surface area (Å²) in [7, 11) is 1.65. The van der Waals surface area contributed by atoms with E-state index in [1.807, 2.05) is 6.20 Å². The van der Waals surface area contributed by atoms with E-state index in [0.29, 0.717) is 6.61 Å². The van der Waals surface area contributed by atoms with Gasteiger partial charge in [-0.25, -0.2) is 9.97 Å². The Morgan fingerprint density at radius 1 is 1.62 bits per heavy atom. The zero-order chi connectivity index (χ0) is 9.10. The van der Waals surface area contributed by atoms with E-state index in [-0.39, 0.29) is 0 Å². The lowest BCUT2D eigenvalue weighted by molar-refractivity contribution is 0.178. The van der Waals surface area contributed by atoms with Crippen LogP contribution in [0.1, 0.15) is 17.8 Å². The highest BCUT2D eigenvalue weighted by molar-refractivity contribution is 5.44. The number of hydrogen-bond acceptors (Lipinski definition) is 4. The third kappa shape index (κ3) is 1.78. The molecule has 1 aliphatic heterocycles. The first kappa shape index (κ1) is 8.44. The predicted octanol–water partition coefficient (Wildman–Crippen LogP) is 0.981. The van der Waals surface area contributed by atoms with Crippen molar-refractivity contribution in [3.8, 4) is 0 Å². The fraction of sp³-hybridized carbons (Fsp3) is 0.556. The molecule has 2 rings (SSSR count). The van der Waals surface area contributed by atoms with Gasteiger partial charge in [0.2, 0.25) is 0 Å².